The summed E-state index contributed by atoms with van der Waals surface area (Å²) in [7, 11) is 0. The van der Waals surface area contributed by atoms with Crippen LogP contribution in [0.4, 0.5) is 24.9 Å². The van der Waals surface area contributed by atoms with Crippen LogP contribution in [-0.4, -0.2) is 37.9 Å². The molecule has 0 aromatic carbocycles. The number of hydrogen-bond donors (Lipinski definition) is 1. The van der Waals surface area contributed by atoms with Gasteiger partial charge in [0.25, 0.3) is 0 Å². The first-order chi connectivity index (χ1) is 14.0. The number of hydrogen-bond acceptors (Lipinski definition) is 6. The van der Waals surface area contributed by atoms with Crippen molar-refractivity contribution in [2.24, 2.45) is 0 Å². The summed E-state index contributed by atoms with van der Waals surface area (Å²) >= 11 is 0. The molecule has 4 rings (SSSR count). The molecule has 1 saturated heterocycles. The Morgan fingerprint density at radius 2 is 1.97 bits per heavy atom. The van der Waals surface area contributed by atoms with E-state index in [0.29, 0.717) is 0 Å². The maximum Gasteiger partial charge on any atom is 0.416 e. The molecule has 3 aromatic rings. The van der Waals surface area contributed by atoms with Crippen LogP contribution in [0.15, 0.2) is 55.1 Å². The summed E-state index contributed by atoms with van der Waals surface area (Å²) in [6.07, 6.45) is 2.87. The van der Waals surface area contributed by atoms with Crippen LogP contribution in [0.1, 0.15) is 29.2 Å². The number of likely N-dealkylation sites (tertiary alicyclic amines) is 1. The molecular formula is C20H19F3N6. The lowest BCUT2D eigenvalue weighted by molar-refractivity contribution is -0.137. The third-order valence-electron chi connectivity index (χ3n) is 4.82. The largest absolute Gasteiger partial charge is 0.416 e. The van der Waals surface area contributed by atoms with Crippen LogP contribution in [0.5, 0.6) is 0 Å². The Balaban J connectivity index is 1.43. The van der Waals surface area contributed by atoms with Gasteiger partial charge in [0.05, 0.1) is 11.3 Å². The molecule has 0 aliphatic carbocycles. The van der Waals surface area contributed by atoms with Gasteiger partial charge in [-0.05, 0) is 42.8 Å². The van der Waals surface area contributed by atoms with Crippen LogP contribution >= 0.6 is 0 Å². The van der Waals surface area contributed by atoms with Crippen molar-refractivity contribution in [3.63, 3.8) is 0 Å². The van der Waals surface area contributed by atoms with Gasteiger partial charge in [-0.15, -0.1) is 0 Å². The van der Waals surface area contributed by atoms with E-state index in [9.17, 15) is 13.2 Å². The van der Waals surface area contributed by atoms with E-state index in [-0.39, 0.29) is 17.7 Å². The summed E-state index contributed by atoms with van der Waals surface area (Å²) in [6, 6.07) is 7.70. The summed E-state index contributed by atoms with van der Waals surface area (Å²) in [4.78, 5) is 19.0. The first kappa shape index (κ1) is 19.3. The second-order valence-electron chi connectivity index (χ2n) is 6.94. The molecule has 1 atom stereocenters. The van der Waals surface area contributed by atoms with Crippen LogP contribution in [0.2, 0.25) is 0 Å². The van der Waals surface area contributed by atoms with E-state index in [4.69, 9.17) is 0 Å². The number of pyridine rings is 2. The summed E-state index contributed by atoms with van der Waals surface area (Å²) in [5, 5.41) is 2.78. The van der Waals surface area contributed by atoms with Crippen molar-refractivity contribution in [2.75, 3.05) is 18.4 Å². The van der Waals surface area contributed by atoms with E-state index in [1.165, 1.54) is 0 Å². The number of alkyl halides is 3. The van der Waals surface area contributed by atoms with E-state index in [1.807, 2.05) is 18.3 Å². The average Bonchev–Trinajstić information content (AvgIpc) is 3.17. The first-order valence-corrected chi connectivity index (χ1v) is 9.22. The van der Waals surface area contributed by atoms with E-state index < -0.39 is 11.7 Å². The Morgan fingerprint density at radius 3 is 2.76 bits per heavy atom. The molecule has 0 spiro atoms. The van der Waals surface area contributed by atoms with Crippen molar-refractivity contribution >= 4 is 11.8 Å². The molecule has 3 aromatic heterocycles. The van der Waals surface area contributed by atoms with Gasteiger partial charge in [-0.3, -0.25) is 9.88 Å². The highest BCUT2D eigenvalue weighted by Crippen LogP contribution is 2.31. The monoisotopic (exact) mass is 400 g/mol. The molecule has 1 aliphatic heterocycles. The summed E-state index contributed by atoms with van der Waals surface area (Å²) < 4.78 is 38.6. The Bertz CT molecular complexity index is 964. The van der Waals surface area contributed by atoms with Gasteiger partial charge < -0.3 is 5.32 Å². The third kappa shape index (κ3) is 4.86. The fourth-order valence-electron chi connectivity index (χ4n) is 3.42. The van der Waals surface area contributed by atoms with E-state index in [2.05, 4.69) is 36.2 Å². The van der Waals surface area contributed by atoms with Crippen molar-refractivity contribution < 1.29 is 13.2 Å². The fourth-order valence-corrected chi connectivity index (χ4v) is 3.42. The molecule has 29 heavy (non-hydrogen) atoms. The van der Waals surface area contributed by atoms with Gasteiger partial charge in [0.1, 0.15) is 5.82 Å². The number of nitrogens with zero attached hydrogens (tertiary/aromatic N) is 5. The van der Waals surface area contributed by atoms with E-state index in [1.54, 1.807) is 12.4 Å². The van der Waals surface area contributed by atoms with Gasteiger partial charge in [-0.2, -0.15) is 13.2 Å². The minimum Gasteiger partial charge on any atom is -0.309 e. The predicted molar refractivity (Wildman–Crippen MR) is 101 cm³/mol. The number of aromatic nitrogens is 4. The van der Waals surface area contributed by atoms with Gasteiger partial charge in [-0.1, -0.05) is 6.07 Å². The highest BCUT2D eigenvalue weighted by molar-refractivity contribution is 5.49. The minimum atomic E-state index is -4.43. The van der Waals surface area contributed by atoms with Gasteiger partial charge in [-0.25, -0.2) is 15.0 Å². The first-order valence-electron chi connectivity index (χ1n) is 9.22. The van der Waals surface area contributed by atoms with Crippen molar-refractivity contribution in [1.29, 1.82) is 0 Å². The van der Waals surface area contributed by atoms with Crippen LogP contribution in [0.3, 0.4) is 0 Å². The van der Waals surface area contributed by atoms with Crippen molar-refractivity contribution in [3.8, 4) is 0 Å². The van der Waals surface area contributed by atoms with Gasteiger partial charge in [0, 0.05) is 43.8 Å². The van der Waals surface area contributed by atoms with Crippen LogP contribution in [-0.2, 0) is 12.7 Å². The molecule has 1 aliphatic rings. The van der Waals surface area contributed by atoms with Gasteiger partial charge in [0.15, 0.2) is 0 Å². The zero-order chi connectivity index (χ0) is 20.3. The number of halogens is 3. The Morgan fingerprint density at radius 1 is 1.10 bits per heavy atom. The maximum atomic E-state index is 12.9. The standard InChI is InChI=1S/C20H19F3N6/c21-20(22,23)16-3-7-25-18(10-16)28-19-26-8-4-17(27-19)15-5-9-29(13-15)12-14-2-1-6-24-11-14/h1-4,6-8,10-11,15H,5,9,12-13H2,(H,25,26,27,28)/t15-/m1/s1. The van der Waals surface area contributed by atoms with Gasteiger partial charge >= 0.3 is 6.18 Å². The van der Waals surface area contributed by atoms with Gasteiger partial charge in [0.2, 0.25) is 5.95 Å². The number of anilines is 2. The predicted octanol–water partition coefficient (Wildman–Crippen LogP) is 4.02. The lowest BCUT2D eigenvalue weighted by atomic mass is 10.1. The maximum absolute atomic E-state index is 12.9. The molecule has 0 bridgehead atoms. The number of rotatable bonds is 5. The van der Waals surface area contributed by atoms with Crippen LogP contribution in [0, 0.1) is 0 Å². The molecule has 1 fully saturated rings. The topological polar surface area (TPSA) is 66.8 Å². The normalized spacial score (nSPS) is 17.4. The minimum absolute atomic E-state index is 0.0570. The SMILES string of the molecule is FC(F)(F)c1ccnc(Nc2nccc([C@@H]3CCN(Cc4cccnc4)C3)n2)c1. The molecule has 0 radical (unpaired) electrons. The van der Waals surface area contributed by atoms with Crippen LogP contribution < -0.4 is 5.32 Å². The quantitative estimate of drug-likeness (QED) is 0.698. The molecule has 4 heterocycles. The molecule has 6 nitrogen and oxygen atoms in total. The molecular weight excluding hydrogens is 381 g/mol. The molecule has 0 amide bonds. The second kappa shape index (κ2) is 8.12. The lowest BCUT2D eigenvalue weighted by Crippen LogP contribution is -2.20. The van der Waals surface area contributed by atoms with Crippen molar-refractivity contribution in [1.82, 2.24) is 24.8 Å². The van der Waals surface area contributed by atoms with Crippen molar-refractivity contribution in [3.05, 3.63) is 71.9 Å². The average molecular weight is 400 g/mol. The molecule has 0 saturated carbocycles. The highest BCUT2D eigenvalue weighted by atomic mass is 19.4. The smallest absolute Gasteiger partial charge is 0.309 e. The summed E-state index contributed by atoms with van der Waals surface area (Å²) in [6.45, 7) is 2.63. The highest BCUT2D eigenvalue weighted by Gasteiger charge is 2.31. The Kier molecular flexibility index (Phi) is 5.39. The second-order valence-corrected chi connectivity index (χ2v) is 6.94. The van der Waals surface area contributed by atoms with E-state index >= 15 is 0 Å². The van der Waals surface area contributed by atoms with E-state index in [0.717, 1.165) is 55.6 Å². The number of nitrogens with one attached hydrogen (secondary N) is 1. The summed E-state index contributed by atoms with van der Waals surface area (Å²) in [5.41, 5.74) is 1.25. The zero-order valence-electron chi connectivity index (χ0n) is 15.5. The molecule has 0 unspecified atom stereocenters. The lowest BCUT2D eigenvalue weighted by Gasteiger charge is -2.16. The molecule has 1 N–H and O–H groups in total. The Hall–Kier alpha value is -3.07. The van der Waals surface area contributed by atoms with Crippen molar-refractivity contribution in [2.45, 2.75) is 25.1 Å². The molecule has 9 heteroatoms. The zero-order valence-corrected chi connectivity index (χ0v) is 15.5. The van der Waals surface area contributed by atoms with Crippen LogP contribution in [0.25, 0.3) is 0 Å². The fraction of sp³-hybridized carbons (Fsp3) is 0.300. The summed E-state index contributed by atoms with van der Waals surface area (Å²) in [5.74, 6) is 0.534. The Labute approximate surface area is 165 Å². The third-order valence-corrected chi connectivity index (χ3v) is 4.82. The molecule has 150 valence electrons.